The zero-order valence-corrected chi connectivity index (χ0v) is 19.1. The topological polar surface area (TPSA) is 103 Å². The van der Waals surface area contributed by atoms with Crippen molar-refractivity contribution >= 4 is 17.8 Å². The molecule has 0 radical (unpaired) electrons. The lowest BCUT2D eigenvalue weighted by molar-refractivity contribution is -0.120. The van der Waals surface area contributed by atoms with Crippen molar-refractivity contribution in [3.63, 3.8) is 0 Å². The Bertz CT molecular complexity index is 1380. The van der Waals surface area contributed by atoms with Crippen LogP contribution in [-0.2, 0) is 16.6 Å². The third kappa shape index (κ3) is 5.08. The largest absolute Gasteiger partial charge is 0.366 e. The van der Waals surface area contributed by atoms with Crippen molar-refractivity contribution in [3.05, 3.63) is 107 Å². The van der Waals surface area contributed by atoms with Crippen molar-refractivity contribution < 1.29 is 18.4 Å². The van der Waals surface area contributed by atoms with Gasteiger partial charge >= 0.3 is 0 Å². The summed E-state index contributed by atoms with van der Waals surface area (Å²) in [5.41, 5.74) is 5.56. The number of amides is 2. The maximum atomic E-state index is 14.6. The van der Waals surface area contributed by atoms with Crippen LogP contribution in [0.3, 0.4) is 0 Å². The summed E-state index contributed by atoms with van der Waals surface area (Å²) in [6.07, 6.45) is 0.403. The Morgan fingerprint density at radius 2 is 1.69 bits per heavy atom. The molecule has 0 aliphatic carbocycles. The molecule has 0 unspecified atom stereocenters. The standard InChI is InChI=1S/C26H23F2N5O2/c1-26(2,20-15-17(23(29)34)8-13-21(20)28)24(35)31-25-30-22(14-16-6-4-3-5-7-16)33(32-25)19-11-9-18(27)10-12-19/h3-13,15H,14H2,1-2H3,(H2,29,34)(H,31,32,35). The molecule has 7 nitrogen and oxygen atoms in total. The first-order chi connectivity index (χ1) is 16.6. The van der Waals surface area contributed by atoms with Gasteiger partial charge < -0.3 is 5.73 Å². The Morgan fingerprint density at radius 1 is 1.00 bits per heavy atom. The van der Waals surface area contributed by atoms with Crippen LogP contribution in [0.25, 0.3) is 5.69 Å². The molecule has 0 aliphatic rings. The third-order valence-corrected chi connectivity index (χ3v) is 5.67. The molecule has 1 aromatic heterocycles. The zero-order valence-electron chi connectivity index (χ0n) is 19.1. The first-order valence-electron chi connectivity index (χ1n) is 10.8. The number of primary amides is 1. The van der Waals surface area contributed by atoms with Crippen LogP contribution in [0.5, 0.6) is 0 Å². The van der Waals surface area contributed by atoms with Crippen LogP contribution in [0.15, 0.2) is 72.8 Å². The second-order valence-corrected chi connectivity index (χ2v) is 8.54. The van der Waals surface area contributed by atoms with Crippen LogP contribution in [-0.4, -0.2) is 26.6 Å². The van der Waals surface area contributed by atoms with Gasteiger partial charge in [-0.25, -0.2) is 13.5 Å². The van der Waals surface area contributed by atoms with E-state index in [0.717, 1.165) is 11.6 Å². The minimum atomic E-state index is -1.38. The van der Waals surface area contributed by atoms with Gasteiger partial charge in [0.15, 0.2) is 0 Å². The van der Waals surface area contributed by atoms with Gasteiger partial charge in [-0.2, -0.15) is 4.98 Å². The van der Waals surface area contributed by atoms with E-state index in [-0.39, 0.29) is 17.1 Å². The van der Waals surface area contributed by atoms with Crippen molar-refractivity contribution in [2.75, 3.05) is 5.32 Å². The molecular formula is C26H23F2N5O2. The zero-order chi connectivity index (χ0) is 25.2. The number of benzene rings is 3. The summed E-state index contributed by atoms with van der Waals surface area (Å²) in [4.78, 5) is 29.2. The molecule has 2 amide bonds. The number of nitrogens with two attached hydrogens (primary N) is 1. The highest BCUT2D eigenvalue weighted by molar-refractivity contribution is 5.98. The molecule has 4 rings (SSSR count). The van der Waals surface area contributed by atoms with Crippen molar-refractivity contribution in [2.24, 2.45) is 5.73 Å². The first kappa shape index (κ1) is 23.7. The molecule has 4 aromatic rings. The summed E-state index contributed by atoms with van der Waals surface area (Å²) in [5.74, 6) is -1.84. The van der Waals surface area contributed by atoms with Crippen molar-refractivity contribution in [1.82, 2.24) is 14.8 Å². The lowest BCUT2D eigenvalue weighted by Gasteiger charge is -2.24. The van der Waals surface area contributed by atoms with Crippen LogP contribution >= 0.6 is 0 Å². The number of nitrogens with zero attached hydrogens (tertiary/aromatic N) is 3. The summed E-state index contributed by atoms with van der Waals surface area (Å²) in [6.45, 7) is 3.04. The van der Waals surface area contributed by atoms with Crippen molar-refractivity contribution in [1.29, 1.82) is 0 Å². The Morgan fingerprint density at radius 3 is 2.34 bits per heavy atom. The average molecular weight is 475 g/mol. The lowest BCUT2D eigenvalue weighted by Crippen LogP contribution is -2.36. The highest BCUT2D eigenvalue weighted by Crippen LogP contribution is 2.28. The summed E-state index contributed by atoms with van der Waals surface area (Å²) < 4.78 is 29.6. The molecule has 3 N–H and O–H groups in total. The number of aromatic nitrogens is 3. The first-order valence-corrected chi connectivity index (χ1v) is 10.8. The average Bonchev–Trinajstić information content (AvgIpc) is 3.22. The molecule has 178 valence electrons. The number of anilines is 1. The van der Waals surface area contributed by atoms with Gasteiger partial charge in [0.25, 0.3) is 0 Å². The van der Waals surface area contributed by atoms with Crippen LogP contribution < -0.4 is 11.1 Å². The van der Waals surface area contributed by atoms with Crippen LogP contribution in [0.1, 0.15) is 41.2 Å². The predicted molar refractivity (Wildman–Crippen MR) is 127 cm³/mol. The molecule has 0 bridgehead atoms. The Labute approximate surface area is 200 Å². The molecule has 0 atom stereocenters. The molecule has 0 fully saturated rings. The summed E-state index contributed by atoms with van der Waals surface area (Å²) in [6, 6.07) is 18.9. The smallest absolute Gasteiger partial charge is 0.249 e. The van der Waals surface area contributed by atoms with E-state index in [9.17, 15) is 18.4 Å². The van der Waals surface area contributed by atoms with E-state index in [1.807, 2.05) is 30.3 Å². The van der Waals surface area contributed by atoms with Gasteiger partial charge in [0.2, 0.25) is 17.8 Å². The van der Waals surface area contributed by atoms with E-state index < -0.39 is 28.9 Å². The monoisotopic (exact) mass is 475 g/mol. The molecule has 0 saturated heterocycles. The van der Waals surface area contributed by atoms with Crippen molar-refractivity contribution in [3.8, 4) is 5.69 Å². The number of hydrogen-bond acceptors (Lipinski definition) is 4. The SMILES string of the molecule is CC(C)(C(=O)Nc1nc(Cc2ccccc2)n(-c2ccc(F)cc2)n1)c1cc(C(N)=O)ccc1F. The normalized spacial score (nSPS) is 11.3. The second-order valence-electron chi connectivity index (χ2n) is 8.54. The number of carbonyl (C=O) groups excluding carboxylic acids is 2. The minimum Gasteiger partial charge on any atom is -0.366 e. The van der Waals surface area contributed by atoms with Gasteiger partial charge in [-0.3, -0.25) is 14.9 Å². The molecule has 0 spiro atoms. The van der Waals surface area contributed by atoms with Crippen LogP contribution in [0, 0.1) is 11.6 Å². The van der Waals surface area contributed by atoms with Gasteiger partial charge in [0, 0.05) is 17.5 Å². The molecule has 35 heavy (non-hydrogen) atoms. The molecule has 1 heterocycles. The predicted octanol–water partition coefficient (Wildman–Crippen LogP) is 4.15. The number of halogens is 2. The van der Waals surface area contributed by atoms with E-state index in [2.05, 4.69) is 15.4 Å². The van der Waals surface area contributed by atoms with Gasteiger partial charge in [-0.15, -0.1) is 5.10 Å². The van der Waals surface area contributed by atoms with Gasteiger partial charge in [0.05, 0.1) is 11.1 Å². The Balaban J connectivity index is 1.67. The van der Waals surface area contributed by atoms with Crippen LogP contribution in [0.4, 0.5) is 14.7 Å². The van der Waals surface area contributed by atoms with Gasteiger partial charge in [-0.1, -0.05) is 30.3 Å². The van der Waals surface area contributed by atoms with Crippen molar-refractivity contribution in [2.45, 2.75) is 25.7 Å². The molecule has 9 heteroatoms. The number of rotatable bonds is 7. The van der Waals surface area contributed by atoms with E-state index in [1.165, 1.54) is 42.8 Å². The highest BCUT2D eigenvalue weighted by Gasteiger charge is 2.34. The van der Waals surface area contributed by atoms with E-state index in [4.69, 9.17) is 5.73 Å². The highest BCUT2D eigenvalue weighted by atomic mass is 19.1. The minimum absolute atomic E-state index is 0.00444. The van der Waals surface area contributed by atoms with E-state index in [1.54, 1.807) is 12.1 Å². The van der Waals surface area contributed by atoms with Gasteiger partial charge in [0.1, 0.15) is 17.5 Å². The molecule has 0 aliphatic heterocycles. The number of nitrogens with one attached hydrogen (secondary N) is 1. The summed E-state index contributed by atoms with van der Waals surface area (Å²) in [5, 5.41) is 7.05. The fraction of sp³-hybridized carbons (Fsp3) is 0.154. The van der Waals surface area contributed by atoms with Gasteiger partial charge in [-0.05, 0) is 61.9 Å². The quantitative estimate of drug-likeness (QED) is 0.419. The van der Waals surface area contributed by atoms with E-state index in [0.29, 0.717) is 17.9 Å². The molecule has 0 saturated carbocycles. The van der Waals surface area contributed by atoms with E-state index >= 15 is 0 Å². The number of hydrogen-bond donors (Lipinski definition) is 2. The van der Waals surface area contributed by atoms with Crippen LogP contribution in [0.2, 0.25) is 0 Å². The fourth-order valence-electron chi connectivity index (χ4n) is 3.62. The summed E-state index contributed by atoms with van der Waals surface area (Å²) in [7, 11) is 0. The fourth-order valence-corrected chi connectivity index (χ4v) is 3.62. The number of carbonyl (C=O) groups is 2. The lowest BCUT2D eigenvalue weighted by atomic mass is 9.82. The molecular weight excluding hydrogens is 452 g/mol. The summed E-state index contributed by atoms with van der Waals surface area (Å²) >= 11 is 0. The third-order valence-electron chi connectivity index (χ3n) is 5.67. The molecule has 3 aromatic carbocycles. The Hall–Kier alpha value is -4.40. The second kappa shape index (κ2) is 9.46. The maximum Gasteiger partial charge on any atom is 0.249 e. The maximum absolute atomic E-state index is 14.6. The Kier molecular flexibility index (Phi) is 6.42.